The lowest BCUT2D eigenvalue weighted by molar-refractivity contribution is 0.0955. The Hall–Kier alpha value is -0.590. The van der Waals surface area contributed by atoms with E-state index in [1.165, 1.54) is 18.2 Å². The highest BCUT2D eigenvalue weighted by molar-refractivity contribution is 9.10. The summed E-state index contributed by atoms with van der Waals surface area (Å²) in [7, 11) is 1.37. The third kappa shape index (κ3) is 3.20. The molecule has 1 amide bonds. The Kier molecular flexibility index (Phi) is 4.35. The lowest BCUT2D eigenvalue weighted by Gasteiger charge is -2.06. The van der Waals surface area contributed by atoms with Gasteiger partial charge in [0.15, 0.2) is 0 Å². The van der Waals surface area contributed by atoms with E-state index in [2.05, 4.69) is 21.2 Å². The molecule has 1 N–H and O–H groups in total. The summed E-state index contributed by atoms with van der Waals surface area (Å²) in [6.07, 6.45) is 0. The molecule has 4 nitrogen and oxygen atoms in total. The maximum absolute atomic E-state index is 11.6. The first-order valence-electron chi connectivity index (χ1n) is 4.38. The van der Waals surface area contributed by atoms with Crippen LogP contribution >= 0.6 is 26.6 Å². The van der Waals surface area contributed by atoms with Crippen molar-refractivity contribution in [3.63, 3.8) is 0 Å². The molecule has 0 aliphatic carbocycles. The van der Waals surface area contributed by atoms with Crippen LogP contribution in [0.4, 0.5) is 0 Å². The lowest BCUT2D eigenvalue weighted by Crippen LogP contribution is -2.23. The molecular formula is C9H9BrClNO3S. The zero-order valence-corrected chi connectivity index (χ0v) is 11.5. The summed E-state index contributed by atoms with van der Waals surface area (Å²) < 4.78 is 22.7. The van der Waals surface area contributed by atoms with Crippen LogP contribution in [0.15, 0.2) is 27.6 Å². The molecule has 0 aromatic heterocycles. The molecule has 1 aromatic carbocycles. The highest BCUT2D eigenvalue weighted by Gasteiger charge is 2.15. The summed E-state index contributed by atoms with van der Waals surface area (Å²) in [6.45, 7) is 2.23. The van der Waals surface area contributed by atoms with Crippen LogP contribution in [0, 0.1) is 0 Å². The van der Waals surface area contributed by atoms with Crippen LogP contribution in [0.1, 0.15) is 17.3 Å². The van der Waals surface area contributed by atoms with Crippen molar-refractivity contribution in [3.05, 3.63) is 28.2 Å². The predicted molar refractivity (Wildman–Crippen MR) is 65.2 cm³/mol. The Bertz CT molecular complexity index is 515. The van der Waals surface area contributed by atoms with Gasteiger partial charge in [0.25, 0.3) is 15.0 Å². The van der Waals surface area contributed by atoms with Crippen LogP contribution < -0.4 is 5.32 Å². The third-order valence-electron chi connectivity index (χ3n) is 1.80. The van der Waals surface area contributed by atoms with Crippen LogP contribution in [0.5, 0.6) is 0 Å². The second kappa shape index (κ2) is 5.16. The number of hydrogen-bond donors (Lipinski definition) is 1. The number of carbonyl (C=O) groups excluding carboxylic acids is 1. The predicted octanol–water partition coefficient (Wildman–Crippen LogP) is 2.13. The zero-order chi connectivity index (χ0) is 12.3. The monoisotopic (exact) mass is 325 g/mol. The minimum Gasteiger partial charge on any atom is -0.352 e. The minimum atomic E-state index is -3.82. The molecular weight excluding hydrogens is 318 g/mol. The number of amides is 1. The number of halogens is 2. The standard InChI is InChI=1S/C9H9BrClNO3S/c1-2-12-9(13)7-5-6(16(11,14)15)3-4-8(7)10/h3-5H,2H2,1H3,(H,12,13). The summed E-state index contributed by atoms with van der Waals surface area (Å²) >= 11 is 3.17. The molecule has 0 spiro atoms. The molecule has 0 fully saturated rings. The maximum atomic E-state index is 11.6. The number of benzene rings is 1. The van der Waals surface area contributed by atoms with Crippen LogP contribution in [0.25, 0.3) is 0 Å². The Morgan fingerprint density at radius 3 is 2.62 bits per heavy atom. The van der Waals surface area contributed by atoms with E-state index in [1.54, 1.807) is 6.92 Å². The van der Waals surface area contributed by atoms with Gasteiger partial charge in [-0.1, -0.05) is 0 Å². The first-order chi connectivity index (χ1) is 7.36. The number of nitrogens with one attached hydrogen (secondary N) is 1. The molecule has 0 saturated heterocycles. The van der Waals surface area contributed by atoms with Gasteiger partial charge in [0, 0.05) is 21.7 Å². The highest BCUT2D eigenvalue weighted by atomic mass is 79.9. The topological polar surface area (TPSA) is 63.2 Å². The number of carbonyl (C=O) groups is 1. The van der Waals surface area contributed by atoms with Crippen molar-refractivity contribution < 1.29 is 13.2 Å². The highest BCUT2D eigenvalue weighted by Crippen LogP contribution is 2.23. The molecule has 1 rings (SSSR count). The SMILES string of the molecule is CCNC(=O)c1cc(S(=O)(=O)Cl)ccc1Br. The zero-order valence-electron chi connectivity index (χ0n) is 8.33. The molecule has 0 atom stereocenters. The van der Waals surface area contributed by atoms with Crippen molar-refractivity contribution in [2.45, 2.75) is 11.8 Å². The number of rotatable bonds is 3. The maximum Gasteiger partial charge on any atom is 0.261 e. The fourth-order valence-corrected chi connectivity index (χ4v) is 2.29. The summed E-state index contributed by atoms with van der Waals surface area (Å²) in [5, 5.41) is 2.57. The van der Waals surface area contributed by atoms with Gasteiger partial charge in [-0.2, -0.15) is 0 Å². The van der Waals surface area contributed by atoms with E-state index >= 15 is 0 Å². The number of hydrogen-bond acceptors (Lipinski definition) is 3. The normalized spacial score (nSPS) is 11.2. The van der Waals surface area contributed by atoms with Crippen molar-refractivity contribution in [1.29, 1.82) is 0 Å². The summed E-state index contributed by atoms with van der Waals surface area (Å²) in [5.74, 6) is -0.350. The Labute approximate surface area is 107 Å². The minimum absolute atomic E-state index is 0.0985. The van der Waals surface area contributed by atoms with Gasteiger partial charge in [0.2, 0.25) is 0 Å². The van der Waals surface area contributed by atoms with Gasteiger partial charge in [0.1, 0.15) is 0 Å². The molecule has 0 radical (unpaired) electrons. The fraction of sp³-hybridized carbons (Fsp3) is 0.222. The van der Waals surface area contributed by atoms with Gasteiger partial charge in [-0.05, 0) is 41.1 Å². The molecule has 0 unspecified atom stereocenters. The summed E-state index contributed by atoms with van der Waals surface area (Å²) in [5.41, 5.74) is 0.239. The molecule has 7 heteroatoms. The summed E-state index contributed by atoms with van der Waals surface area (Å²) in [6, 6.07) is 4.03. The first kappa shape index (κ1) is 13.5. The van der Waals surface area contributed by atoms with Crippen molar-refractivity contribution in [2.75, 3.05) is 6.54 Å². The second-order valence-electron chi connectivity index (χ2n) is 2.94. The second-order valence-corrected chi connectivity index (χ2v) is 6.36. The van der Waals surface area contributed by atoms with Crippen LogP contribution in [-0.2, 0) is 9.05 Å². The van der Waals surface area contributed by atoms with Crippen molar-refractivity contribution in [2.24, 2.45) is 0 Å². The fourth-order valence-electron chi connectivity index (χ4n) is 1.09. The average Bonchev–Trinajstić information content (AvgIpc) is 2.16. The van der Waals surface area contributed by atoms with Crippen molar-refractivity contribution in [1.82, 2.24) is 5.32 Å². The largest absolute Gasteiger partial charge is 0.352 e. The quantitative estimate of drug-likeness (QED) is 0.866. The Morgan fingerprint density at radius 1 is 1.50 bits per heavy atom. The first-order valence-corrected chi connectivity index (χ1v) is 7.49. The molecule has 0 bridgehead atoms. The van der Waals surface area contributed by atoms with E-state index in [4.69, 9.17) is 10.7 Å². The molecule has 0 aliphatic rings. The van der Waals surface area contributed by atoms with Gasteiger partial charge in [0.05, 0.1) is 10.5 Å². The Morgan fingerprint density at radius 2 is 2.12 bits per heavy atom. The van der Waals surface area contributed by atoms with E-state index in [0.717, 1.165) is 0 Å². The lowest BCUT2D eigenvalue weighted by atomic mass is 10.2. The molecule has 1 aromatic rings. The smallest absolute Gasteiger partial charge is 0.261 e. The summed E-state index contributed by atoms with van der Waals surface area (Å²) in [4.78, 5) is 11.5. The third-order valence-corrected chi connectivity index (χ3v) is 3.84. The van der Waals surface area contributed by atoms with Gasteiger partial charge >= 0.3 is 0 Å². The molecule has 88 valence electrons. The molecule has 0 heterocycles. The van der Waals surface area contributed by atoms with Crippen LogP contribution in [0.2, 0.25) is 0 Å². The van der Waals surface area contributed by atoms with Crippen LogP contribution in [-0.4, -0.2) is 20.9 Å². The molecule has 0 saturated carbocycles. The molecule has 0 aliphatic heterocycles. The van der Waals surface area contributed by atoms with Gasteiger partial charge in [-0.15, -0.1) is 0 Å². The van der Waals surface area contributed by atoms with Crippen molar-refractivity contribution >= 4 is 41.6 Å². The van der Waals surface area contributed by atoms with Gasteiger partial charge < -0.3 is 5.32 Å². The molecule has 16 heavy (non-hydrogen) atoms. The van der Waals surface area contributed by atoms with Crippen molar-refractivity contribution in [3.8, 4) is 0 Å². The van der Waals surface area contributed by atoms with Crippen LogP contribution in [0.3, 0.4) is 0 Å². The van der Waals surface area contributed by atoms with E-state index < -0.39 is 9.05 Å². The van der Waals surface area contributed by atoms with E-state index in [-0.39, 0.29) is 16.4 Å². The Balaban J connectivity index is 3.24. The van der Waals surface area contributed by atoms with E-state index in [9.17, 15) is 13.2 Å². The average molecular weight is 327 g/mol. The van der Waals surface area contributed by atoms with Gasteiger partial charge in [-0.25, -0.2) is 8.42 Å². The van der Waals surface area contributed by atoms with Gasteiger partial charge in [-0.3, -0.25) is 4.79 Å². The van der Waals surface area contributed by atoms with E-state index in [0.29, 0.717) is 11.0 Å². The van der Waals surface area contributed by atoms with E-state index in [1.807, 2.05) is 0 Å².